The molecule has 2 rings (SSSR count). The molecule has 0 atom stereocenters. The van der Waals surface area contributed by atoms with E-state index in [0.717, 1.165) is 15.8 Å². The minimum Gasteiger partial charge on any atom is -0.489 e. The number of halogens is 1. The van der Waals surface area contributed by atoms with Crippen molar-refractivity contribution in [3.8, 4) is 5.75 Å². The molecule has 3 heteroatoms. The highest BCUT2D eigenvalue weighted by Crippen LogP contribution is 2.22. The Morgan fingerprint density at radius 2 is 2.19 bits per heavy atom. The van der Waals surface area contributed by atoms with Gasteiger partial charge in [-0.2, -0.15) is 0 Å². The van der Waals surface area contributed by atoms with Gasteiger partial charge in [0, 0.05) is 22.4 Å². The van der Waals surface area contributed by atoms with Crippen LogP contribution in [0, 0.1) is 6.92 Å². The molecule has 0 aliphatic carbocycles. The van der Waals surface area contributed by atoms with Gasteiger partial charge in [0.15, 0.2) is 0 Å². The third kappa shape index (κ3) is 2.83. The summed E-state index contributed by atoms with van der Waals surface area (Å²) < 4.78 is 6.77. The van der Waals surface area contributed by atoms with Crippen LogP contribution in [0.25, 0.3) is 0 Å². The van der Waals surface area contributed by atoms with Crippen molar-refractivity contribution in [3.63, 3.8) is 0 Å². The molecule has 0 unspecified atom stereocenters. The maximum atomic E-state index is 5.67. The largest absolute Gasteiger partial charge is 0.489 e. The predicted octanol–water partition coefficient (Wildman–Crippen LogP) is 3.73. The molecule has 0 amide bonds. The first-order valence-electron chi connectivity index (χ1n) is 5.03. The van der Waals surface area contributed by atoms with Crippen molar-refractivity contribution in [2.45, 2.75) is 13.5 Å². The quantitative estimate of drug-likeness (QED) is 0.853. The number of hydrogen-bond donors (Lipinski definition) is 0. The maximum Gasteiger partial charge on any atom is 0.120 e. The highest BCUT2D eigenvalue weighted by Gasteiger charge is 1.99. The summed E-state index contributed by atoms with van der Waals surface area (Å²) in [6.45, 7) is 2.59. The van der Waals surface area contributed by atoms with E-state index >= 15 is 0 Å². The summed E-state index contributed by atoms with van der Waals surface area (Å²) in [6, 6.07) is 9.87. The van der Waals surface area contributed by atoms with Gasteiger partial charge >= 0.3 is 0 Å². The molecule has 0 saturated carbocycles. The van der Waals surface area contributed by atoms with Crippen LogP contribution >= 0.6 is 15.9 Å². The van der Waals surface area contributed by atoms with E-state index in [9.17, 15) is 0 Å². The van der Waals surface area contributed by atoms with Crippen molar-refractivity contribution in [2.75, 3.05) is 0 Å². The van der Waals surface area contributed by atoms with Crippen LogP contribution < -0.4 is 4.74 Å². The molecule has 0 aliphatic rings. The Hall–Kier alpha value is -1.35. The molecule has 0 aliphatic heterocycles. The lowest BCUT2D eigenvalue weighted by Crippen LogP contribution is -1.95. The Kier molecular flexibility index (Phi) is 3.57. The summed E-state index contributed by atoms with van der Waals surface area (Å²) in [4.78, 5) is 4.04. The number of hydrogen-bond acceptors (Lipinski definition) is 2. The normalized spacial score (nSPS) is 10.1. The zero-order valence-corrected chi connectivity index (χ0v) is 10.6. The molecule has 2 nitrogen and oxygen atoms in total. The van der Waals surface area contributed by atoms with Gasteiger partial charge in [-0.3, -0.25) is 4.98 Å². The molecule has 0 saturated heterocycles. The lowest BCUT2D eigenvalue weighted by Gasteiger charge is -2.07. The Bertz CT molecular complexity index is 471. The molecule has 1 aromatic heterocycles. The summed E-state index contributed by atoms with van der Waals surface area (Å²) >= 11 is 3.46. The SMILES string of the molecule is Cc1cc(OCc2cccnc2)ccc1Br. The number of benzene rings is 1. The molecule has 0 N–H and O–H groups in total. The minimum absolute atomic E-state index is 0.551. The summed E-state index contributed by atoms with van der Waals surface area (Å²) in [5.41, 5.74) is 2.24. The molecule has 2 aromatic rings. The lowest BCUT2D eigenvalue weighted by atomic mass is 10.2. The van der Waals surface area contributed by atoms with Crippen molar-refractivity contribution < 1.29 is 4.74 Å². The van der Waals surface area contributed by atoms with E-state index in [2.05, 4.69) is 20.9 Å². The molecule has 1 aromatic carbocycles. The van der Waals surface area contributed by atoms with Gasteiger partial charge in [-0.15, -0.1) is 0 Å². The Labute approximate surface area is 103 Å². The molecule has 82 valence electrons. The van der Waals surface area contributed by atoms with Crippen molar-refractivity contribution in [2.24, 2.45) is 0 Å². The second-order valence-corrected chi connectivity index (χ2v) is 4.42. The summed E-state index contributed by atoms with van der Waals surface area (Å²) in [5, 5.41) is 0. The van der Waals surface area contributed by atoms with Gasteiger partial charge in [0.05, 0.1) is 0 Å². The van der Waals surface area contributed by atoms with E-state index < -0.39 is 0 Å². The lowest BCUT2D eigenvalue weighted by molar-refractivity contribution is 0.305. The highest BCUT2D eigenvalue weighted by atomic mass is 79.9. The van der Waals surface area contributed by atoms with E-state index in [1.807, 2.05) is 43.5 Å². The average molecular weight is 278 g/mol. The van der Waals surface area contributed by atoms with Gasteiger partial charge in [0.25, 0.3) is 0 Å². The highest BCUT2D eigenvalue weighted by molar-refractivity contribution is 9.10. The second kappa shape index (κ2) is 5.12. The van der Waals surface area contributed by atoms with E-state index in [0.29, 0.717) is 6.61 Å². The standard InChI is InChI=1S/C13H12BrNO/c1-10-7-12(4-5-13(10)14)16-9-11-3-2-6-15-8-11/h2-8H,9H2,1H3. The molecule has 0 spiro atoms. The van der Waals surface area contributed by atoms with E-state index in [1.54, 1.807) is 6.20 Å². The second-order valence-electron chi connectivity index (χ2n) is 3.56. The van der Waals surface area contributed by atoms with Crippen LogP contribution in [0.5, 0.6) is 5.75 Å². The molecular formula is C13H12BrNO. The number of aryl methyl sites for hydroxylation is 1. The van der Waals surface area contributed by atoms with Crippen molar-refractivity contribution >= 4 is 15.9 Å². The molecule has 0 radical (unpaired) electrons. The first-order valence-corrected chi connectivity index (χ1v) is 5.83. The zero-order chi connectivity index (χ0) is 11.4. The maximum absolute atomic E-state index is 5.67. The van der Waals surface area contributed by atoms with E-state index in [4.69, 9.17) is 4.74 Å². The third-order valence-corrected chi connectivity index (χ3v) is 3.15. The average Bonchev–Trinajstić information content (AvgIpc) is 2.32. The van der Waals surface area contributed by atoms with Gasteiger partial charge in [0.2, 0.25) is 0 Å². The van der Waals surface area contributed by atoms with Crippen LogP contribution in [0.15, 0.2) is 47.2 Å². The monoisotopic (exact) mass is 277 g/mol. The first-order chi connectivity index (χ1) is 7.75. The van der Waals surface area contributed by atoms with Gasteiger partial charge in [-0.05, 0) is 36.8 Å². The topological polar surface area (TPSA) is 22.1 Å². The van der Waals surface area contributed by atoms with Gasteiger partial charge < -0.3 is 4.74 Å². The van der Waals surface area contributed by atoms with Gasteiger partial charge in [-0.1, -0.05) is 22.0 Å². The summed E-state index contributed by atoms with van der Waals surface area (Å²) in [7, 11) is 0. The number of ether oxygens (including phenoxy) is 1. The van der Waals surface area contributed by atoms with Crippen LogP contribution in [0.1, 0.15) is 11.1 Å². The predicted molar refractivity (Wildman–Crippen MR) is 67.4 cm³/mol. The zero-order valence-electron chi connectivity index (χ0n) is 8.98. The van der Waals surface area contributed by atoms with Gasteiger partial charge in [-0.25, -0.2) is 0 Å². The van der Waals surface area contributed by atoms with Crippen LogP contribution in [-0.4, -0.2) is 4.98 Å². The molecule has 1 heterocycles. The van der Waals surface area contributed by atoms with Crippen LogP contribution in [0.3, 0.4) is 0 Å². The Balaban J connectivity index is 2.03. The fraction of sp³-hybridized carbons (Fsp3) is 0.154. The van der Waals surface area contributed by atoms with Crippen LogP contribution in [0.4, 0.5) is 0 Å². The Morgan fingerprint density at radius 3 is 2.88 bits per heavy atom. The van der Waals surface area contributed by atoms with Crippen LogP contribution in [-0.2, 0) is 6.61 Å². The van der Waals surface area contributed by atoms with E-state index in [-0.39, 0.29) is 0 Å². The van der Waals surface area contributed by atoms with E-state index in [1.165, 1.54) is 5.56 Å². The summed E-state index contributed by atoms with van der Waals surface area (Å²) in [5.74, 6) is 0.879. The van der Waals surface area contributed by atoms with Crippen LogP contribution in [0.2, 0.25) is 0 Å². The molecule has 0 bridgehead atoms. The van der Waals surface area contributed by atoms with Crippen molar-refractivity contribution in [1.29, 1.82) is 0 Å². The van der Waals surface area contributed by atoms with Gasteiger partial charge in [0.1, 0.15) is 12.4 Å². The fourth-order valence-corrected chi connectivity index (χ4v) is 1.60. The van der Waals surface area contributed by atoms with Crippen molar-refractivity contribution in [3.05, 3.63) is 58.3 Å². The smallest absolute Gasteiger partial charge is 0.120 e. The fourth-order valence-electron chi connectivity index (χ4n) is 1.36. The number of aromatic nitrogens is 1. The number of rotatable bonds is 3. The number of nitrogens with zero attached hydrogens (tertiary/aromatic N) is 1. The number of pyridine rings is 1. The molecule has 0 fully saturated rings. The molecular weight excluding hydrogens is 266 g/mol. The Morgan fingerprint density at radius 1 is 1.31 bits per heavy atom. The molecule has 16 heavy (non-hydrogen) atoms. The third-order valence-electron chi connectivity index (χ3n) is 2.26. The van der Waals surface area contributed by atoms with Crippen molar-refractivity contribution in [1.82, 2.24) is 4.98 Å². The summed E-state index contributed by atoms with van der Waals surface area (Å²) in [6.07, 6.45) is 3.57. The minimum atomic E-state index is 0.551. The first kappa shape index (κ1) is 11.1.